The van der Waals surface area contributed by atoms with Crippen molar-refractivity contribution in [3.05, 3.63) is 191 Å². The molecule has 0 fully saturated rings. The van der Waals surface area contributed by atoms with Crippen LogP contribution in [0.1, 0.15) is 33.4 Å². The predicted molar refractivity (Wildman–Crippen MR) is 254 cm³/mol. The fourth-order valence-electron chi connectivity index (χ4n) is 11.4. The van der Waals surface area contributed by atoms with Gasteiger partial charge in [0.25, 0.3) is 0 Å². The van der Waals surface area contributed by atoms with E-state index in [2.05, 4.69) is 199 Å². The highest BCUT2D eigenvalue weighted by Crippen LogP contribution is 2.46. The van der Waals surface area contributed by atoms with Gasteiger partial charge in [-0.1, -0.05) is 212 Å². The molecule has 0 saturated heterocycles. The van der Waals surface area contributed by atoms with Gasteiger partial charge < -0.3 is 0 Å². The largest absolute Gasteiger partial charge is 0.243 e. The van der Waals surface area contributed by atoms with Gasteiger partial charge in [0, 0.05) is 0 Å². The van der Waals surface area contributed by atoms with Crippen LogP contribution in [0.25, 0.3) is 66.1 Å². The van der Waals surface area contributed by atoms with Crippen LogP contribution in [0, 0.1) is 41.5 Å². The Hall–Kier alpha value is -6.37. The van der Waals surface area contributed by atoms with E-state index in [9.17, 15) is 0 Å². The second-order valence-corrected chi connectivity index (χ2v) is 17.1. The lowest BCUT2D eigenvalue weighted by Crippen LogP contribution is -2.51. The van der Waals surface area contributed by atoms with Crippen molar-refractivity contribution in [1.82, 2.24) is 0 Å². The number of rotatable bonds is 4. The average Bonchev–Trinajstić information content (AvgIpc) is 3.70. The average molecular weight is 739 g/mol. The van der Waals surface area contributed by atoms with Crippen molar-refractivity contribution < 1.29 is 0 Å². The van der Waals surface area contributed by atoms with Crippen molar-refractivity contribution in [2.24, 2.45) is 0 Å². The molecule has 9 aromatic rings. The standard InChI is InChI=1S/C56H44B2/c1-33-25-35(3)55(36(4)26-33)57-49-23-15-13-21-41(49)43-29-45-47(31-51(43)57)53(39-17-9-7-10-18-39)46-30-44-42-22-14-16-24-50(42)58(56-37(5)27-34(2)28-38(56)6)52(44)32-48(46)54(45)40-19-11-8-12-20-40/h7-32H,1-6H3. The van der Waals surface area contributed by atoms with E-state index in [1.54, 1.807) is 0 Å². The topological polar surface area (TPSA) is 0 Å². The molecule has 0 unspecified atom stereocenters. The predicted octanol–water partition coefficient (Wildman–Crippen LogP) is 10.2. The molecule has 0 radical (unpaired) electrons. The molecule has 0 spiro atoms. The summed E-state index contributed by atoms with van der Waals surface area (Å²) in [6.45, 7) is 14.0. The fraction of sp³-hybridized carbons (Fsp3) is 0.107. The van der Waals surface area contributed by atoms with Gasteiger partial charge in [0.15, 0.2) is 0 Å². The van der Waals surface area contributed by atoms with E-state index in [0.29, 0.717) is 0 Å². The zero-order chi connectivity index (χ0) is 39.4. The maximum atomic E-state index is 2.59. The molecule has 0 bridgehead atoms. The van der Waals surface area contributed by atoms with Gasteiger partial charge in [-0.3, -0.25) is 0 Å². The normalized spacial score (nSPS) is 12.6. The smallest absolute Gasteiger partial charge is 0.0664 e. The van der Waals surface area contributed by atoms with Crippen LogP contribution in [-0.4, -0.2) is 13.4 Å². The molecule has 11 rings (SSSR count). The quantitative estimate of drug-likeness (QED) is 0.125. The Bertz CT molecular complexity index is 2910. The molecule has 0 nitrogen and oxygen atoms in total. The van der Waals surface area contributed by atoms with Gasteiger partial charge >= 0.3 is 0 Å². The highest BCUT2D eigenvalue weighted by molar-refractivity contribution is 7.00. The van der Waals surface area contributed by atoms with E-state index in [0.717, 1.165) is 0 Å². The third kappa shape index (κ3) is 5.10. The molecule has 0 aliphatic carbocycles. The second-order valence-electron chi connectivity index (χ2n) is 17.1. The van der Waals surface area contributed by atoms with Gasteiger partial charge in [-0.05, 0) is 120 Å². The molecule has 2 aliphatic heterocycles. The van der Waals surface area contributed by atoms with E-state index in [4.69, 9.17) is 0 Å². The summed E-state index contributed by atoms with van der Waals surface area (Å²) < 4.78 is 0. The van der Waals surface area contributed by atoms with Gasteiger partial charge in [-0.25, -0.2) is 0 Å². The minimum absolute atomic E-state index is 0.157. The van der Waals surface area contributed by atoms with Crippen LogP contribution in [0.5, 0.6) is 0 Å². The van der Waals surface area contributed by atoms with Crippen LogP contribution in [-0.2, 0) is 0 Å². The highest BCUT2D eigenvalue weighted by Gasteiger charge is 2.38. The van der Waals surface area contributed by atoms with Gasteiger partial charge in [0.2, 0.25) is 13.4 Å². The van der Waals surface area contributed by atoms with E-state index >= 15 is 0 Å². The monoisotopic (exact) mass is 738 g/mol. The first-order valence-electron chi connectivity index (χ1n) is 20.8. The van der Waals surface area contributed by atoms with Crippen molar-refractivity contribution in [2.45, 2.75) is 41.5 Å². The van der Waals surface area contributed by atoms with E-state index in [1.807, 2.05) is 0 Å². The number of hydrogen-bond acceptors (Lipinski definition) is 0. The van der Waals surface area contributed by atoms with Gasteiger partial charge in [-0.2, -0.15) is 0 Å². The summed E-state index contributed by atoms with van der Waals surface area (Å²) in [5.74, 6) is 0. The molecule has 0 aromatic heterocycles. The van der Waals surface area contributed by atoms with E-state index < -0.39 is 0 Å². The first kappa shape index (κ1) is 34.8. The van der Waals surface area contributed by atoms with E-state index in [-0.39, 0.29) is 13.4 Å². The van der Waals surface area contributed by atoms with Gasteiger partial charge in [0.1, 0.15) is 0 Å². The minimum Gasteiger partial charge on any atom is -0.0664 e. The highest BCUT2D eigenvalue weighted by atomic mass is 14.3. The second kappa shape index (κ2) is 13.1. The maximum absolute atomic E-state index is 2.59. The van der Waals surface area contributed by atoms with Crippen molar-refractivity contribution in [2.75, 3.05) is 0 Å². The molecule has 9 aromatic carbocycles. The lowest BCUT2D eigenvalue weighted by molar-refractivity contribution is 1.35. The van der Waals surface area contributed by atoms with Gasteiger partial charge in [-0.15, -0.1) is 0 Å². The van der Waals surface area contributed by atoms with Gasteiger partial charge in [0.05, 0.1) is 0 Å². The zero-order valence-corrected chi connectivity index (χ0v) is 34.2. The molecular weight excluding hydrogens is 694 g/mol. The summed E-state index contributed by atoms with van der Waals surface area (Å²) in [6, 6.07) is 60.4. The summed E-state index contributed by atoms with van der Waals surface area (Å²) in [5, 5.41) is 5.23. The number of hydrogen-bond donors (Lipinski definition) is 0. The summed E-state index contributed by atoms with van der Waals surface area (Å²) in [5.41, 5.74) is 27.1. The molecular formula is C56H44B2. The zero-order valence-electron chi connectivity index (χ0n) is 34.2. The molecule has 2 heterocycles. The van der Waals surface area contributed by atoms with Crippen LogP contribution < -0.4 is 32.8 Å². The third-order valence-electron chi connectivity index (χ3n) is 13.4. The Morgan fingerprint density at radius 3 is 1.00 bits per heavy atom. The summed E-state index contributed by atoms with van der Waals surface area (Å²) in [6.07, 6.45) is 0. The lowest BCUT2D eigenvalue weighted by atomic mass is 9.37. The fourth-order valence-corrected chi connectivity index (χ4v) is 11.4. The molecule has 274 valence electrons. The summed E-state index contributed by atoms with van der Waals surface area (Å²) in [7, 11) is 0. The molecule has 0 N–H and O–H groups in total. The molecule has 0 saturated carbocycles. The van der Waals surface area contributed by atoms with Crippen molar-refractivity contribution in [1.29, 1.82) is 0 Å². The molecule has 0 atom stereocenters. The lowest BCUT2D eigenvalue weighted by Gasteiger charge is -2.23. The molecule has 2 aliphatic rings. The first-order valence-corrected chi connectivity index (χ1v) is 20.8. The van der Waals surface area contributed by atoms with E-state index in [1.165, 1.54) is 132 Å². The Balaban J connectivity index is 1.31. The van der Waals surface area contributed by atoms with Crippen LogP contribution in [0.2, 0.25) is 0 Å². The van der Waals surface area contributed by atoms with Crippen LogP contribution in [0.3, 0.4) is 0 Å². The third-order valence-corrected chi connectivity index (χ3v) is 13.4. The Labute approximate surface area is 343 Å². The Morgan fingerprint density at radius 2 is 0.621 bits per heavy atom. The van der Waals surface area contributed by atoms with Crippen LogP contribution in [0.15, 0.2) is 158 Å². The number of benzene rings is 9. The van der Waals surface area contributed by atoms with Crippen LogP contribution >= 0.6 is 0 Å². The maximum Gasteiger partial charge on any atom is 0.243 e. The Kier molecular flexibility index (Phi) is 7.86. The van der Waals surface area contributed by atoms with Crippen molar-refractivity contribution in [3.63, 3.8) is 0 Å². The number of aryl methyl sites for hydroxylation is 6. The molecule has 2 heteroatoms. The minimum atomic E-state index is 0.157. The Morgan fingerprint density at radius 1 is 0.293 bits per heavy atom. The molecule has 0 amide bonds. The molecule has 58 heavy (non-hydrogen) atoms. The SMILES string of the molecule is Cc1cc(C)c(B2c3ccccc3-c3cc4c(-c5ccccc5)c5cc6c(cc5c(-c5ccccc5)c4cc32)-c2ccccc2B6c2c(C)cc(C)cc2C)c(C)c1. The summed E-state index contributed by atoms with van der Waals surface area (Å²) >= 11 is 0. The van der Waals surface area contributed by atoms with Crippen molar-refractivity contribution in [3.8, 4) is 44.5 Å². The summed E-state index contributed by atoms with van der Waals surface area (Å²) in [4.78, 5) is 0. The number of fused-ring (bicyclic) bond motifs is 8. The van der Waals surface area contributed by atoms with Crippen molar-refractivity contribution >= 4 is 67.7 Å². The van der Waals surface area contributed by atoms with Crippen LogP contribution in [0.4, 0.5) is 0 Å². The first-order chi connectivity index (χ1) is 28.3.